The summed E-state index contributed by atoms with van der Waals surface area (Å²) < 4.78 is 25.1. The molecule has 10 heteroatoms. The van der Waals surface area contributed by atoms with Crippen molar-refractivity contribution in [2.45, 2.75) is 20.5 Å². The highest BCUT2D eigenvalue weighted by molar-refractivity contribution is 9.10. The van der Waals surface area contributed by atoms with Gasteiger partial charge in [-0.25, -0.2) is 5.43 Å². The van der Waals surface area contributed by atoms with Gasteiger partial charge in [0, 0.05) is 27.1 Å². The van der Waals surface area contributed by atoms with Crippen molar-refractivity contribution >= 4 is 28.1 Å². The molecule has 4 aromatic rings. The van der Waals surface area contributed by atoms with Crippen LogP contribution in [0.2, 0.25) is 0 Å². The minimum Gasteiger partial charge on any atom is -0.493 e. The van der Waals surface area contributed by atoms with Gasteiger partial charge in [0.1, 0.15) is 24.2 Å². The van der Waals surface area contributed by atoms with Crippen LogP contribution in [-0.2, 0) is 6.61 Å². The number of amides is 1. The largest absolute Gasteiger partial charge is 0.493 e. The summed E-state index contributed by atoms with van der Waals surface area (Å²) in [6.45, 7) is 4.12. The van der Waals surface area contributed by atoms with Crippen LogP contribution in [0, 0.1) is 25.2 Å². The fourth-order valence-electron chi connectivity index (χ4n) is 3.81. The lowest BCUT2D eigenvalue weighted by atomic mass is 10.2. The van der Waals surface area contributed by atoms with Gasteiger partial charge in [0.15, 0.2) is 23.9 Å². The Labute approximate surface area is 228 Å². The van der Waals surface area contributed by atoms with Crippen molar-refractivity contribution in [2.24, 2.45) is 5.10 Å². The smallest absolute Gasteiger partial charge is 0.307 e. The van der Waals surface area contributed by atoms with Gasteiger partial charge in [-0.15, -0.1) is 0 Å². The quantitative estimate of drug-likeness (QED) is 0.191. The second-order valence-electron chi connectivity index (χ2n) is 8.17. The highest BCUT2D eigenvalue weighted by Crippen LogP contribution is 2.34. The molecule has 194 valence electrons. The monoisotopic (exact) mass is 576 g/mol. The van der Waals surface area contributed by atoms with E-state index in [4.69, 9.17) is 23.9 Å². The van der Waals surface area contributed by atoms with Crippen molar-refractivity contribution in [2.75, 3.05) is 13.7 Å². The zero-order valence-corrected chi connectivity index (χ0v) is 22.6. The van der Waals surface area contributed by atoms with Crippen molar-refractivity contribution < 1.29 is 23.4 Å². The van der Waals surface area contributed by atoms with Gasteiger partial charge in [0.05, 0.1) is 13.3 Å². The molecule has 0 aliphatic carbocycles. The summed E-state index contributed by atoms with van der Waals surface area (Å²) in [7, 11) is 1.49. The zero-order valence-electron chi connectivity index (χ0n) is 21.0. The van der Waals surface area contributed by atoms with Crippen LogP contribution in [0.3, 0.4) is 0 Å². The first-order chi connectivity index (χ1) is 18.4. The van der Waals surface area contributed by atoms with Crippen LogP contribution in [0.25, 0.3) is 5.69 Å². The topological polar surface area (TPSA) is 111 Å². The summed E-state index contributed by atoms with van der Waals surface area (Å²) in [4.78, 5) is 12.5. The standard InChI is InChI=1S/C28H25BrN4O5/c1-18-4-5-19(2)33(18)22-6-8-23(9-7-22)37-17-24-10-11-25(38-24)28(34)32-31-16-20-14-21(29)15-26(35-3)27(20)36-13-12-30/h4-11,14-16H,13,17H2,1-3H3,(H,32,34). The number of hydrogen-bond donors (Lipinski definition) is 1. The van der Waals surface area contributed by atoms with Crippen LogP contribution < -0.4 is 19.6 Å². The predicted octanol–water partition coefficient (Wildman–Crippen LogP) is 5.70. The molecule has 0 radical (unpaired) electrons. The van der Waals surface area contributed by atoms with Crippen LogP contribution >= 0.6 is 15.9 Å². The molecule has 2 aromatic carbocycles. The van der Waals surface area contributed by atoms with Crippen LogP contribution in [0.15, 0.2) is 74.7 Å². The van der Waals surface area contributed by atoms with Gasteiger partial charge in [0.25, 0.3) is 0 Å². The third-order valence-corrected chi connectivity index (χ3v) is 6.01. The van der Waals surface area contributed by atoms with E-state index in [0.29, 0.717) is 33.0 Å². The first-order valence-corrected chi connectivity index (χ1v) is 12.4. The summed E-state index contributed by atoms with van der Waals surface area (Å²) in [6, 6.07) is 20.5. The Bertz CT molecular complexity index is 1480. The molecule has 0 saturated carbocycles. The van der Waals surface area contributed by atoms with Crippen LogP contribution in [0.4, 0.5) is 0 Å². The van der Waals surface area contributed by atoms with Crippen molar-refractivity contribution in [3.8, 4) is 29.0 Å². The number of nitrogens with one attached hydrogen (secondary N) is 1. The van der Waals surface area contributed by atoms with E-state index in [1.165, 1.54) is 13.3 Å². The van der Waals surface area contributed by atoms with E-state index in [1.807, 2.05) is 30.3 Å². The summed E-state index contributed by atoms with van der Waals surface area (Å²) in [6.07, 6.45) is 1.39. The molecule has 1 N–H and O–H groups in total. The molecular formula is C28H25BrN4O5. The lowest BCUT2D eigenvalue weighted by Gasteiger charge is -2.11. The van der Waals surface area contributed by atoms with E-state index in [0.717, 1.165) is 17.1 Å². The Kier molecular flexibility index (Phi) is 8.51. The molecule has 0 aliphatic heterocycles. The number of aromatic nitrogens is 1. The number of furan rings is 1. The Morgan fingerprint density at radius 2 is 1.84 bits per heavy atom. The van der Waals surface area contributed by atoms with E-state index in [1.54, 1.807) is 24.3 Å². The Balaban J connectivity index is 1.35. The molecule has 4 rings (SSSR count). The number of methoxy groups -OCH3 is 1. The van der Waals surface area contributed by atoms with Gasteiger partial charge in [-0.2, -0.15) is 10.4 Å². The number of ether oxygens (including phenoxy) is 3. The minimum absolute atomic E-state index is 0.0856. The molecule has 9 nitrogen and oxygen atoms in total. The van der Waals surface area contributed by atoms with Gasteiger partial charge in [-0.1, -0.05) is 15.9 Å². The zero-order chi connectivity index (χ0) is 27.1. The summed E-state index contributed by atoms with van der Waals surface area (Å²) in [5.41, 5.74) is 6.30. The fourth-order valence-corrected chi connectivity index (χ4v) is 4.26. The molecule has 2 aromatic heterocycles. The Morgan fingerprint density at radius 1 is 1.11 bits per heavy atom. The Morgan fingerprint density at radius 3 is 2.53 bits per heavy atom. The van der Waals surface area contributed by atoms with E-state index < -0.39 is 5.91 Å². The molecule has 38 heavy (non-hydrogen) atoms. The van der Waals surface area contributed by atoms with E-state index in [2.05, 4.69) is 57.0 Å². The van der Waals surface area contributed by atoms with E-state index in [9.17, 15) is 4.79 Å². The van der Waals surface area contributed by atoms with Gasteiger partial charge in [-0.05, 0) is 74.5 Å². The van der Waals surface area contributed by atoms with Crippen molar-refractivity contribution in [1.82, 2.24) is 9.99 Å². The summed E-state index contributed by atoms with van der Waals surface area (Å²) in [5.74, 6) is 1.48. The van der Waals surface area contributed by atoms with Crippen molar-refractivity contribution in [1.29, 1.82) is 5.26 Å². The number of hydrogen-bond acceptors (Lipinski definition) is 7. The molecule has 0 saturated heterocycles. The van der Waals surface area contributed by atoms with E-state index >= 15 is 0 Å². The molecule has 0 fully saturated rings. The molecular weight excluding hydrogens is 552 g/mol. The highest BCUT2D eigenvalue weighted by atomic mass is 79.9. The first kappa shape index (κ1) is 26.6. The maximum Gasteiger partial charge on any atom is 0.307 e. The maximum atomic E-state index is 12.5. The lowest BCUT2D eigenvalue weighted by molar-refractivity contribution is 0.0923. The molecule has 0 spiro atoms. The highest BCUT2D eigenvalue weighted by Gasteiger charge is 2.14. The van der Waals surface area contributed by atoms with Gasteiger partial charge in [-0.3, -0.25) is 4.79 Å². The average molecular weight is 577 g/mol. The predicted molar refractivity (Wildman–Crippen MR) is 145 cm³/mol. The third kappa shape index (κ3) is 6.25. The molecule has 2 heterocycles. The second-order valence-corrected chi connectivity index (χ2v) is 9.09. The summed E-state index contributed by atoms with van der Waals surface area (Å²) >= 11 is 3.39. The fraction of sp³-hybridized carbons (Fsp3) is 0.179. The molecule has 0 atom stereocenters. The molecule has 0 bridgehead atoms. The molecule has 0 aliphatic rings. The number of halogens is 1. The Hall–Kier alpha value is -4.49. The third-order valence-electron chi connectivity index (χ3n) is 5.55. The average Bonchev–Trinajstić information content (AvgIpc) is 3.53. The second kappa shape index (κ2) is 12.2. The number of aryl methyl sites for hydroxylation is 2. The first-order valence-electron chi connectivity index (χ1n) is 11.6. The molecule has 1 amide bonds. The SMILES string of the molecule is COc1cc(Br)cc(C=NNC(=O)c2ccc(COc3ccc(-n4c(C)ccc4C)cc3)o2)c1OCC#N. The van der Waals surface area contributed by atoms with Crippen LogP contribution in [0.1, 0.15) is 33.3 Å². The number of nitrogens with zero attached hydrogens (tertiary/aromatic N) is 3. The van der Waals surface area contributed by atoms with E-state index in [-0.39, 0.29) is 19.0 Å². The van der Waals surface area contributed by atoms with Gasteiger partial charge in [0.2, 0.25) is 0 Å². The van der Waals surface area contributed by atoms with Crippen molar-refractivity contribution in [3.05, 3.63) is 93.6 Å². The molecule has 0 unspecified atom stereocenters. The van der Waals surface area contributed by atoms with Crippen LogP contribution in [0.5, 0.6) is 17.2 Å². The number of rotatable bonds is 10. The number of benzene rings is 2. The van der Waals surface area contributed by atoms with Gasteiger partial charge >= 0.3 is 5.91 Å². The number of carbonyl (C=O) groups excluding carboxylic acids is 1. The maximum absolute atomic E-state index is 12.5. The normalized spacial score (nSPS) is 10.8. The number of hydrazone groups is 1. The lowest BCUT2D eigenvalue weighted by Crippen LogP contribution is -2.17. The number of nitriles is 1. The number of carbonyl (C=O) groups is 1. The van der Waals surface area contributed by atoms with Crippen LogP contribution in [-0.4, -0.2) is 30.4 Å². The minimum atomic E-state index is -0.532. The van der Waals surface area contributed by atoms with Gasteiger partial charge < -0.3 is 23.2 Å². The summed E-state index contributed by atoms with van der Waals surface area (Å²) in [5, 5.41) is 12.8. The van der Waals surface area contributed by atoms with Crippen molar-refractivity contribution in [3.63, 3.8) is 0 Å².